The first-order chi connectivity index (χ1) is 7.65. The van der Waals surface area contributed by atoms with Crippen LogP contribution in [0.3, 0.4) is 0 Å². The lowest BCUT2D eigenvalue weighted by Gasteiger charge is -2.17. The van der Waals surface area contributed by atoms with Crippen LogP contribution in [0.15, 0.2) is 28.5 Å². The smallest absolute Gasteiger partial charge is 0.225 e. The van der Waals surface area contributed by atoms with Gasteiger partial charge in [-0.15, -0.1) is 0 Å². The van der Waals surface area contributed by atoms with Crippen molar-refractivity contribution < 1.29 is 4.79 Å². The minimum atomic E-state index is 0.00222. The summed E-state index contributed by atoms with van der Waals surface area (Å²) in [5.74, 6) is 0.571. The maximum Gasteiger partial charge on any atom is 0.225 e. The average molecular weight is 224 g/mol. The highest BCUT2D eigenvalue weighted by Gasteiger charge is 2.16. The van der Waals surface area contributed by atoms with E-state index in [2.05, 4.69) is 23.6 Å². The third-order valence-corrected chi connectivity index (χ3v) is 1.82. The summed E-state index contributed by atoms with van der Waals surface area (Å²) in [4.78, 5) is 14.7. The molecule has 16 heavy (non-hydrogen) atoms. The van der Waals surface area contributed by atoms with Crippen molar-refractivity contribution in [3.05, 3.63) is 23.5 Å². The predicted molar refractivity (Wildman–Crippen MR) is 71.5 cm³/mol. The molecule has 1 rings (SSSR count). The van der Waals surface area contributed by atoms with Crippen molar-refractivity contribution in [1.82, 2.24) is 5.32 Å². The van der Waals surface area contributed by atoms with Gasteiger partial charge in [0.25, 0.3) is 0 Å². The zero-order valence-corrected chi connectivity index (χ0v) is 11.2. The molecule has 0 saturated carbocycles. The molecular weight excluding hydrogens is 200 g/mol. The Morgan fingerprint density at radius 2 is 1.75 bits per heavy atom. The van der Waals surface area contributed by atoms with Crippen LogP contribution in [0, 0.1) is 0 Å². The number of nitrogens with zero attached hydrogens (tertiary/aromatic N) is 1. The molecule has 0 aliphatic carbocycles. The van der Waals surface area contributed by atoms with Crippen LogP contribution in [0.1, 0.15) is 47.5 Å². The number of carbonyl (C=O) groups excluding carboxylic acids is 1. The molecule has 0 aromatic carbocycles. The lowest BCUT2D eigenvalue weighted by Crippen LogP contribution is -2.27. The lowest BCUT2D eigenvalue weighted by molar-refractivity contribution is -0.120. The van der Waals surface area contributed by atoms with Gasteiger partial charge < -0.3 is 5.32 Å². The van der Waals surface area contributed by atoms with Crippen molar-refractivity contribution in [3.63, 3.8) is 0 Å². The third-order valence-electron chi connectivity index (χ3n) is 1.82. The first-order valence-electron chi connectivity index (χ1n) is 5.80. The van der Waals surface area contributed by atoms with E-state index < -0.39 is 0 Å². The first kappa shape index (κ1) is 17.0. The molecule has 92 valence electrons. The highest BCUT2D eigenvalue weighted by Crippen LogP contribution is 2.21. The molecule has 0 aromatic rings. The van der Waals surface area contributed by atoms with E-state index in [0.717, 1.165) is 17.6 Å². The summed E-state index contributed by atoms with van der Waals surface area (Å²) in [7, 11) is 0. The zero-order valence-electron chi connectivity index (χ0n) is 11.2. The Bertz CT molecular complexity index is 278. The second-order valence-corrected chi connectivity index (χ2v) is 2.81. The second-order valence-electron chi connectivity index (χ2n) is 2.81. The Morgan fingerprint density at radius 1 is 1.25 bits per heavy atom. The fourth-order valence-electron chi connectivity index (χ4n) is 1.18. The number of hydrogen-bond acceptors (Lipinski definition) is 2. The van der Waals surface area contributed by atoms with Gasteiger partial charge in [0.15, 0.2) is 0 Å². The van der Waals surface area contributed by atoms with E-state index in [1.165, 1.54) is 0 Å². The van der Waals surface area contributed by atoms with Crippen molar-refractivity contribution in [3.8, 4) is 0 Å². The Morgan fingerprint density at radius 3 is 2.12 bits per heavy atom. The van der Waals surface area contributed by atoms with Gasteiger partial charge in [-0.1, -0.05) is 39.8 Å². The molecule has 0 bridgehead atoms. The summed E-state index contributed by atoms with van der Waals surface area (Å²) in [6, 6.07) is 0. The Kier molecular flexibility index (Phi) is 10.8. The van der Waals surface area contributed by atoms with Gasteiger partial charge in [-0.2, -0.15) is 0 Å². The Balaban J connectivity index is 0. The van der Waals surface area contributed by atoms with Crippen LogP contribution in [0.4, 0.5) is 0 Å². The van der Waals surface area contributed by atoms with Gasteiger partial charge in [0.2, 0.25) is 5.91 Å². The van der Waals surface area contributed by atoms with E-state index in [1.807, 2.05) is 34.6 Å². The molecule has 0 spiro atoms. The number of amides is 1. The van der Waals surface area contributed by atoms with Crippen LogP contribution in [0.2, 0.25) is 0 Å². The van der Waals surface area contributed by atoms with Crippen LogP contribution < -0.4 is 5.32 Å². The number of rotatable bonds is 2. The molecule has 3 nitrogen and oxygen atoms in total. The van der Waals surface area contributed by atoms with Crippen molar-refractivity contribution in [2.45, 2.75) is 47.5 Å². The second kappa shape index (κ2) is 10.1. The van der Waals surface area contributed by atoms with Gasteiger partial charge >= 0.3 is 0 Å². The van der Waals surface area contributed by atoms with E-state index in [0.29, 0.717) is 12.2 Å². The molecule has 3 heteroatoms. The summed E-state index contributed by atoms with van der Waals surface area (Å²) in [6.07, 6.45) is 1.23. The van der Waals surface area contributed by atoms with Crippen LogP contribution in [0.5, 0.6) is 0 Å². The van der Waals surface area contributed by atoms with Crippen molar-refractivity contribution in [2.24, 2.45) is 4.99 Å². The molecule has 0 fully saturated rings. The summed E-state index contributed by atoms with van der Waals surface area (Å²) in [6.45, 7) is 17.1. The maximum absolute atomic E-state index is 10.9. The molecular formula is C13H24N2O. The number of carbonyl (C=O) groups is 1. The standard InChI is InChI=1S/C9H12N2O.2C2H6/c1-6(2)7-4-5-8(12)11-9(7)10-3;2*1-2/h1,3-5H2,2H3,(H,11,12);2*1-2H3. The van der Waals surface area contributed by atoms with E-state index in [-0.39, 0.29) is 5.91 Å². The predicted octanol–water partition coefficient (Wildman–Crippen LogP) is 3.44. The number of aliphatic imine (C=N–C) groups is 1. The topological polar surface area (TPSA) is 41.5 Å². The van der Waals surface area contributed by atoms with Gasteiger partial charge in [-0.25, -0.2) is 4.99 Å². The van der Waals surface area contributed by atoms with Gasteiger partial charge in [0, 0.05) is 6.42 Å². The fraction of sp³-hybridized carbons (Fsp3) is 0.538. The van der Waals surface area contributed by atoms with Crippen LogP contribution in [0.25, 0.3) is 0 Å². The van der Waals surface area contributed by atoms with Crippen molar-refractivity contribution in [1.29, 1.82) is 0 Å². The summed E-state index contributed by atoms with van der Waals surface area (Å²) in [5.41, 5.74) is 1.95. The molecule has 1 heterocycles. The van der Waals surface area contributed by atoms with Crippen LogP contribution in [-0.2, 0) is 4.79 Å². The van der Waals surface area contributed by atoms with Crippen molar-refractivity contribution in [2.75, 3.05) is 0 Å². The van der Waals surface area contributed by atoms with Crippen LogP contribution in [-0.4, -0.2) is 12.6 Å². The van der Waals surface area contributed by atoms with E-state index in [1.54, 1.807) is 0 Å². The Labute approximate surface area is 99.4 Å². The summed E-state index contributed by atoms with van der Waals surface area (Å²) < 4.78 is 0. The lowest BCUT2D eigenvalue weighted by atomic mass is 10.0. The maximum atomic E-state index is 10.9. The largest absolute Gasteiger partial charge is 0.310 e. The highest BCUT2D eigenvalue weighted by atomic mass is 16.1. The molecule has 1 N–H and O–H groups in total. The molecule has 0 unspecified atom stereocenters. The first-order valence-corrected chi connectivity index (χ1v) is 5.80. The van der Waals surface area contributed by atoms with Crippen LogP contribution >= 0.6 is 0 Å². The van der Waals surface area contributed by atoms with Gasteiger partial charge in [0.1, 0.15) is 5.82 Å². The fourth-order valence-corrected chi connectivity index (χ4v) is 1.18. The van der Waals surface area contributed by atoms with E-state index in [4.69, 9.17) is 0 Å². The Hall–Kier alpha value is -1.38. The monoisotopic (exact) mass is 224 g/mol. The number of allylic oxidation sites excluding steroid dienone is 2. The quantitative estimate of drug-likeness (QED) is 0.717. The number of nitrogens with one attached hydrogen (secondary N) is 1. The van der Waals surface area contributed by atoms with E-state index in [9.17, 15) is 4.79 Å². The molecule has 1 aliphatic heterocycles. The van der Waals surface area contributed by atoms with Gasteiger partial charge in [0.05, 0.1) is 0 Å². The molecule has 1 aliphatic rings. The minimum Gasteiger partial charge on any atom is -0.310 e. The third kappa shape index (κ3) is 5.49. The number of hydrogen-bond donors (Lipinski definition) is 1. The summed E-state index contributed by atoms with van der Waals surface area (Å²) in [5, 5.41) is 2.65. The average Bonchev–Trinajstić information content (AvgIpc) is 2.33. The molecule has 0 aromatic heterocycles. The minimum absolute atomic E-state index is 0.00222. The normalized spacial score (nSPS) is 13.7. The molecule has 0 radical (unpaired) electrons. The van der Waals surface area contributed by atoms with Gasteiger partial charge in [-0.3, -0.25) is 4.79 Å². The zero-order chi connectivity index (χ0) is 13.1. The van der Waals surface area contributed by atoms with E-state index >= 15 is 0 Å². The molecule has 0 atom stereocenters. The molecule has 1 amide bonds. The van der Waals surface area contributed by atoms with Gasteiger partial charge in [-0.05, 0) is 25.6 Å². The highest BCUT2D eigenvalue weighted by molar-refractivity contribution is 5.80. The summed E-state index contributed by atoms with van der Waals surface area (Å²) >= 11 is 0. The molecule has 0 saturated heterocycles. The SMILES string of the molecule is C=NC1=C(C(=C)C)CCC(=O)N1.CC.CC. The van der Waals surface area contributed by atoms with Crippen molar-refractivity contribution >= 4 is 12.6 Å².